The molecular formula is C44H78O10. The molecule has 0 spiro atoms. The summed E-state index contributed by atoms with van der Waals surface area (Å²) in [6.45, 7) is 12.3. The Morgan fingerprint density at radius 1 is 0.407 bits per heavy atom. The molecule has 0 aliphatic rings. The molecule has 0 aliphatic heterocycles. The third kappa shape index (κ3) is 28.3. The van der Waals surface area contributed by atoms with E-state index in [4.69, 9.17) is 37.9 Å². The van der Waals surface area contributed by atoms with Crippen LogP contribution in [-0.2, 0) is 37.9 Å². The van der Waals surface area contributed by atoms with Gasteiger partial charge in [-0.05, 0) is 37.8 Å². The Bertz CT molecular complexity index is 913. The van der Waals surface area contributed by atoms with Gasteiger partial charge in [0.05, 0.1) is 37.6 Å². The minimum absolute atomic E-state index is 0.00420. The highest BCUT2D eigenvalue weighted by molar-refractivity contribution is 6.03. The van der Waals surface area contributed by atoms with Crippen LogP contribution in [0.4, 0.5) is 0 Å². The van der Waals surface area contributed by atoms with Gasteiger partial charge in [0.1, 0.15) is 13.2 Å². The Labute approximate surface area is 329 Å². The summed E-state index contributed by atoms with van der Waals surface area (Å²) in [4.78, 5) is 26.1. The number of carbonyl (C=O) groups is 2. The first-order chi connectivity index (χ1) is 26.6. The van der Waals surface area contributed by atoms with Crippen molar-refractivity contribution in [2.24, 2.45) is 0 Å². The molecule has 0 aromatic heterocycles. The molecule has 0 amide bonds. The van der Waals surface area contributed by atoms with Crippen LogP contribution in [-0.4, -0.2) is 90.6 Å². The molecule has 1 aromatic carbocycles. The molecule has 10 nitrogen and oxygen atoms in total. The van der Waals surface area contributed by atoms with Crippen molar-refractivity contribution in [3.05, 3.63) is 35.4 Å². The number of ether oxygens (including phenoxy) is 8. The van der Waals surface area contributed by atoms with Crippen molar-refractivity contribution in [1.29, 1.82) is 0 Å². The number of hydrogen-bond donors (Lipinski definition) is 0. The maximum Gasteiger partial charge on any atom is 0.339 e. The first-order valence-electron chi connectivity index (χ1n) is 21.6. The van der Waals surface area contributed by atoms with E-state index in [1.807, 2.05) is 0 Å². The molecule has 0 heterocycles. The second-order valence-corrected chi connectivity index (χ2v) is 14.0. The zero-order valence-corrected chi connectivity index (χ0v) is 34.8. The molecule has 2 atom stereocenters. The van der Waals surface area contributed by atoms with Gasteiger partial charge in [-0.25, -0.2) is 9.59 Å². The third-order valence-corrected chi connectivity index (χ3v) is 9.00. The van der Waals surface area contributed by atoms with Crippen LogP contribution in [0.3, 0.4) is 0 Å². The Morgan fingerprint density at radius 3 is 1.07 bits per heavy atom. The fourth-order valence-electron chi connectivity index (χ4n) is 5.73. The Hall–Kier alpha value is -2.08. The zero-order valence-electron chi connectivity index (χ0n) is 34.8. The zero-order chi connectivity index (χ0) is 39.2. The van der Waals surface area contributed by atoms with Gasteiger partial charge in [-0.2, -0.15) is 0 Å². The average Bonchev–Trinajstić information content (AvgIpc) is 3.19. The van der Waals surface area contributed by atoms with Gasteiger partial charge in [0.2, 0.25) is 0 Å². The van der Waals surface area contributed by atoms with E-state index in [9.17, 15) is 9.59 Å². The van der Waals surface area contributed by atoms with E-state index in [-0.39, 0.29) is 37.6 Å². The van der Waals surface area contributed by atoms with E-state index in [0.717, 1.165) is 51.4 Å². The van der Waals surface area contributed by atoms with Crippen molar-refractivity contribution in [3.8, 4) is 0 Å². The SMILES string of the molecule is CCCCCCCOCC(OCCCCCCC)OCCOC(=O)c1ccccc1C(=O)OCCOC(COCCCCCCC)OCCCCCCC. The van der Waals surface area contributed by atoms with E-state index in [1.165, 1.54) is 77.0 Å². The summed E-state index contributed by atoms with van der Waals surface area (Å²) in [5, 5.41) is 0. The topological polar surface area (TPSA) is 108 Å². The van der Waals surface area contributed by atoms with Crippen LogP contribution in [0.2, 0.25) is 0 Å². The maximum absolute atomic E-state index is 13.0. The Balaban J connectivity index is 2.54. The summed E-state index contributed by atoms with van der Waals surface area (Å²) in [6.07, 6.45) is 22.0. The lowest BCUT2D eigenvalue weighted by Crippen LogP contribution is -2.27. The van der Waals surface area contributed by atoms with Gasteiger partial charge < -0.3 is 37.9 Å². The van der Waals surface area contributed by atoms with Gasteiger partial charge in [0.15, 0.2) is 12.6 Å². The molecule has 0 bridgehead atoms. The maximum atomic E-state index is 13.0. The second-order valence-electron chi connectivity index (χ2n) is 14.0. The van der Waals surface area contributed by atoms with Crippen LogP contribution < -0.4 is 0 Å². The number of carbonyl (C=O) groups excluding carboxylic acids is 2. The van der Waals surface area contributed by atoms with Gasteiger partial charge in [-0.1, -0.05) is 143 Å². The van der Waals surface area contributed by atoms with E-state index in [1.54, 1.807) is 24.3 Å². The Morgan fingerprint density at radius 2 is 0.722 bits per heavy atom. The molecule has 0 N–H and O–H groups in total. The lowest BCUT2D eigenvalue weighted by Gasteiger charge is -2.19. The summed E-state index contributed by atoms with van der Waals surface area (Å²) in [7, 11) is 0. The van der Waals surface area contributed by atoms with Crippen molar-refractivity contribution < 1.29 is 47.5 Å². The first kappa shape index (κ1) is 49.9. The van der Waals surface area contributed by atoms with Crippen molar-refractivity contribution in [3.63, 3.8) is 0 Å². The highest BCUT2D eigenvalue weighted by Crippen LogP contribution is 2.13. The number of benzene rings is 1. The van der Waals surface area contributed by atoms with E-state index in [0.29, 0.717) is 39.6 Å². The van der Waals surface area contributed by atoms with Gasteiger partial charge in [-0.15, -0.1) is 0 Å². The number of hydrogen-bond acceptors (Lipinski definition) is 10. The van der Waals surface area contributed by atoms with E-state index in [2.05, 4.69) is 27.7 Å². The molecule has 2 unspecified atom stereocenters. The molecule has 10 heteroatoms. The van der Waals surface area contributed by atoms with Crippen molar-refractivity contribution in [1.82, 2.24) is 0 Å². The first-order valence-corrected chi connectivity index (χ1v) is 21.6. The summed E-state index contributed by atoms with van der Waals surface area (Å²) in [5.74, 6) is -1.25. The Kier molecular flexibility index (Phi) is 35.0. The van der Waals surface area contributed by atoms with Gasteiger partial charge in [-0.3, -0.25) is 0 Å². The highest BCUT2D eigenvalue weighted by atomic mass is 16.7. The lowest BCUT2D eigenvalue weighted by atomic mass is 10.1. The largest absolute Gasteiger partial charge is 0.460 e. The van der Waals surface area contributed by atoms with Crippen LogP contribution in [0.25, 0.3) is 0 Å². The van der Waals surface area contributed by atoms with Crippen LogP contribution >= 0.6 is 0 Å². The van der Waals surface area contributed by atoms with Crippen LogP contribution in [0.5, 0.6) is 0 Å². The molecule has 0 fully saturated rings. The van der Waals surface area contributed by atoms with Gasteiger partial charge in [0.25, 0.3) is 0 Å². The quantitative estimate of drug-likeness (QED) is 0.0364. The van der Waals surface area contributed by atoms with Gasteiger partial charge in [0, 0.05) is 26.4 Å². The fraction of sp³-hybridized carbons (Fsp3) is 0.818. The molecule has 314 valence electrons. The summed E-state index contributed by atoms with van der Waals surface area (Å²) in [6, 6.07) is 6.48. The molecule has 1 rings (SSSR count). The molecule has 0 saturated carbocycles. The molecule has 0 aliphatic carbocycles. The van der Waals surface area contributed by atoms with E-state index >= 15 is 0 Å². The van der Waals surface area contributed by atoms with Crippen LogP contribution in [0, 0.1) is 0 Å². The highest BCUT2D eigenvalue weighted by Gasteiger charge is 2.20. The predicted molar refractivity (Wildman–Crippen MR) is 215 cm³/mol. The summed E-state index contributed by atoms with van der Waals surface area (Å²) in [5.41, 5.74) is 0.262. The fourth-order valence-corrected chi connectivity index (χ4v) is 5.73. The predicted octanol–water partition coefficient (Wildman–Crippen LogP) is 10.6. The summed E-state index contributed by atoms with van der Waals surface area (Å²) >= 11 is 0. The smallest absolute Gasteiger partial charge is 0.339 e. The number of unbranched alkanes of at least 4 members (excludes halogenated alkanes) is 16. The monoisotopic (exact) mass is 767 g/mol. The minimum atomic E-state index is -0.627. The molecule has 1 aromatic rings. The van der Waals surface area contributed by atoms with Crippen LogP contribution in [0.1, 0.15) is 177 Å². The standard InChI is InChI=1S/C44H78O10/c1-5-9-13-17-23-29-47-37-41(49-31-25-19-15-11-7-3)51-33-35-53-43(45)39-27-21-22-28-40(39)44(46)54-36-34-52-42(50-32-26-20-16-12-8-4)38-48-30-24-18-14-10-6-2/h21-22,27-28,41-42H,5-20,23-26,29-38H2,1-4H3. The minimum Gasteiger partial charge on any atom is -0.460 e. The van der Waals surface area contributed by atoms with Gasteiger partial charge >= 0.3 is 11.9 Å². The summed E-state index contributed by atoms with van der Waals surface area (Å²) < 4.78 is 46.5. The second kappa shape index (κ2) is 37.8. The van der Waals surface area contributed by atoms with Crippen LogP contribution in [0.15, 0.2) is 24.3 Å². The van der Waals surface area contributed by atoms with Crippen molar-refractivity contribution >= 4 is 11.9 Å². The van der Waals surface area contributed by atoms with Crippen molar-refractivity contribution in [2.45, 2.75) is 169 Å². The third-order valence-electron chi connectivity index (χ3n) is 9.00. The molecule has 0 radical (unpaired) electrons. The van der Waals surface area contributed by atoms with Crippen molar-refractivity contribution in [2.75, 3.05) is 66.1 Å². The molecule has 54 heavy (non-hydrogen) atoms. The number of esters is 2. The van der Waals surface area contributed by atoms with E-state index < -0.39 is 24.5 Å². The number of rotatable bonds is 40. The lowest BCUT2D eigenvalue weighted by molar-refractivity contribution is -0.177. The molecule has 0 saturated heterocycles. The normalized spacial score (nSPS) is 12.5. The average molecular weight is 767 g/mol. The molecular weight excluding hydrogens is 688 g/mol.